The summed E-state index contributed by atoms with van der Waals surface area (Å²) in [6.07, 6.45) is 0.592. The van der Waals surface area contributed by atoms with E-state index in [1.165, 1.54) is 0 Å². The molecule has 3 atom stereocenters. The lowest BCUT2D eigenvalue weighted by Gasteiger charge is -2.22. The summed E-state index contributed by atoms with van der Waals surface area (Å²) in [7, 11) is 0. The van der Waals surface area contributed by atoms with Crippen molar-refractivity contribution in [3.05, 3.63) is 71.8 Å². The van der Waals surface area contributed by atoms with E-state index in [1.54, 1.807) is 6.92 Å². The molecule has 158 valence electrons. The Morgan fingerprint density at radius 3 is 1.90 bits per heavy atom. The number of amides is 2. The summed E-state index contributed by atoms with van der Waals surface area (Å²) in [5, 5.41) is 14.0. The number of hydrogen-bond acceptors (Lipinski definition) is 4. The Morgan fingerprint density at radius 1 is 0.867 bits per heavy atom. The van der Waals surface area contributed by atoms with Crippen LogP contribution >= 0.6 is 0 Å². The van der Waals surface area contributed by atoms with Crippen molar-refractivity contribution < 1.29 is 24.3 Å². The maximum atomic E-state index is 12.7. The van der Waals surface area contributed by atoms with E-state index in [0.717, 1.165) is 11.1 Å². The van der Waals surface area contributed by atoms with Crippen LogP contribution in [-0.2, 0) is 32.0 Å². The van der Waals surface area contributed by atoms with Crippen molar-refractivity contribution in [1.82, 2.24) is 10.6 Å². The van der Waals surface area contributed by atoms with E-state index in [4.69, 9.17) is 5.11 Å². The van der Waals surface area contributed by atoms with E-state index in [1.807, 2.05) is 60.7 Å². The fourth-order valence-corrected chi connectivity index (χ4v) is 3.04. The number of carbonyl (C=O) groups is 4. The molecule has 0 fully saturated rings. The molecule has 3 unspecified atom stereocenters. The highest BCUT2D eigenvalue weighted by Gasteiger charge is 2.26. The second-order valence-electron chi connectivity index (χ2n) is 7.19. The first-order chi connectivity index (χ1) is 14.4. The van der Waals surface area contributed by atoms with Crippen LogP contribution in [0.1, 0.15) is 24.5 Å². The van der Waals surface area contributed by atoms with Crippen LogP contribution in [0.5, 0.6) is 0 Å². The predicted octanol–water partition coefficient (Wildman–Crippen LogP) is 1.75. The summed E-state index contributed by atoms with van der Waals surface area (Å²) in [6.45, 7) is 1.78. The van der Waals surface area contributed by atoms with Gasteiger partial charge in [-0.3, -0.25) is 14.4 Å². The molecule has 0 radical (unpaired) electrons. The van der Waals surface area contributed by atoms with Crippen molar-refractivity contribution in [3.63, 3.8) is 0 Å². The molecule has 0 saturated heterocycles. The van der Waals surface area contributed by atoms with Gasteiger partial charge in [-0.05, 0) is 17.5 Å². The highest BCUT2D eigenvalue weighted by Crippen LogP contribution is 2.10. The quantitative estimate of drug-likeness (QED) is 0.489. The zero-order valence-electron chi connectivity index (χ0n) is 16.8. The molecular formula is C23H26N2O5. The summed E-state index contributed by atoms with van der Waals surface area (Å²) >= 11 is 0. The second-order valence-corrected chi connectivity index (χ2v) is 7.19. The first-order valence-corrected chi connectivity index (χ1v) is 9.74. The molecule has 2 rings (SSSR count). The lowest BCUT2D eigenvalue weighted by Crippen LogP contribution is -2.52. The van der Waals surface area contributed by atoms with Gasteiger partial charge in [-0.1, -0.05) is 67.6 Å². The summed E-state index contributed by atoms with van der Waals surface area (Å²) < 4.78 is 0. The third-order valence-corrected chi connectivity index (χ3v) is 4.63. The molecule has 0 heterocycles. The van der Waals surface area contributed by atoms with Gasteiger partial charge in [0.15, 0.2) is 0 Å². The highest BCUT2D eigenvalue weighted by molar-refractivity contribution is 5.90. The van der Waals surface area contributed by atoms with E-state index in [9.17, 15) is 19.2 Å². The molecule has 7 nitrogen and oxygen atoms in total. The first kappa shape index (κ1) is 22.8. The van der Waals surface area contributed by atoms with Crippen LogP contribution in [0.3, 0.4) is 0 Å². The average molecular weight is 410 g/mol. The van der Waals surface area contributed by atoms with Crippen LogP contribution in [0.4, 0.5) is 0 Å². The van der Waals surface area contributed by atoms with Crippen LogP contribution < -0.4 is 10.6 Å². The smallest absolute Gasteiger partial charge is 0.305 e. The van der Waals surface area contributed by atoms with Crippen LogP contribution in [0.2, 0.25) is 0 Å². The van der Waals surface area contributed by atoms with Gasteiger partial charge in [0.05, 0.1) is 12.5 Å². The van der Waals surface area contributed by atoms with Crippen LogP contribution in [0, 0.1) is 5.92 Å². The molecule has 0 saturated carbocycles. The Labute approximate surface area is 175 Å². The molecule has 0 bridgehead atoms. The summed E-state index contributed by atoms with van der Waals surface area (Å²) in [5.74, 6) is -2.47. The Morgan fingerprint density at radius 2 is 1.40 bits per heavy atom. The Kier molecular flexibility index (Phi) is 8.75. The molecule has 0 aromatic heterocycles. The van der Waals surface area contributed by atoms with Gasteiger partial charge in [0.1, 0.15) is 12.3 Å². The molecule has 2 aromatic carbocycles. The van der Waals surface area contributed by atoms with Crippen molar-refractivity contribution >= 4 is 24.1 Å². The highest BCUT2D eigenvalue weighted by atomic mass is 16.4. The molecule has 0 aliphatic rings. The maximum Gasteiger partial charge on any atom is 0.305 e. The van der Waals surface area contributed by atoms with Gasteiger partial charge in [-0.15, -0.1) is 0 Å². The fraction of sp³-hybridized carbons (Fsp3) is 0.304. The average Bonchev–Trinajstić information content (AvgIpc) is 2.73. The molecular weight excluding hydrogens is 384 g/mol. The number of benzene rings is 2. The minimum atomic E-state index is -1.20. The molecule has 7 heteroatoms. The Balaban J connectivity index is 2.09. The van der Waals surface area contributed by atoms with Crippen LogP contribution in [0.25, 0.3) is 0 Å². The Hall–Kier alpha value is -3.48. The molecule has 0 aliphatic carbocycles. The number of nitrogens with one attached hydrogen (secondary N) is 2. The van der Waals surface area contributed by atoms with Gasteiger partial charge in [0, 0.05) is 12.3 Å². The molecule has 2 aromatic rings. The lowest BCUT2D eigenvalue weighted by atomic mass is 9.99. The number of carbonyl (C=O) groups excluding carboxylic acids is 3. The SMILES string of the molecule is CC(Cc1ccccc1)C(=O)NC(Cc1ccccc1)C(=O)NC(C=O)CC(=O)O. The number of carboxylic acid groups (broad SMARTS) is 1. The van der Waals surface area contributed by atoms with Crippen molar-refractivity contribution in [2.75, 3.05) is 0 Å². The fourth-order valence-electron chi connectivity index (χ4n) is 3.04. The first-order valence-electron chi connectivity index (χ1n) is 9.74. The molecule has 0 aliphatic heterocycles. The molecule has 30 heavy (non-hydrogen) atoms. The number of aldehydes is 1. The van der Waals surface area contributed by atoms with Crippen molar-refractivity contribution in [2.24, 2.45) is 5.92 Å². The predicted molar refractivity (Wildman–Crippen MR) is 112 cm³/mol. The molecule has 3 N–H and O–H groups in total. The summed E-state index contributed by atoms with van der Waals surface area (Å²) in [5.41, 5.74) is 1.83. The number of carboxylic acids is 1. The van der Waals surface area contributed by atoms with E-state index >= 15 is 0 Å². The third-order valence-electron chi connectivity index (χ3n) is 4.63. The standard InChI is InChI=1S/C23H26N2O5/c1-16(12-17-8-4-2-5-9-17)22(29)25-20(13-18-10-6-3-7-11-18)23(30)24-19(15-26)14-21(27)28/h2-11,15-16,19-20H,12-14H2,1H3,(H,24,30)(H,25,29)(H,27,28). The number of hydrogen-bond donors (Lipinski definition) is 3. The van der Waals surface area contributed by atoms with E-state index in [2.05, 4.69) is 10.6 Å². The zero-order chi connectivity index (χ0) is 21.9. The molecule has 2 amide bonds. The van der Waals surface area contributed by atoms with E-state index < -0.39 is 30.4 Å². The summed E-state index contributed by atoms with van der Waals surface area (Å²) in [6, 6.07) is 16.6. The van der Waals surface area contributed by atoms with Gasteiger partial charge in [0.25, 0.3) is 0 Å². The topological polar surface area (TPSA) is 113 Å². The largest absolute Gasteiger partial charge is 0.481 e. The van der Waals surface area contributed by atoms with E-state index in [-0.39, 0.29) is 18.2 Å². The zero-order valence-corrected chi connectivity index (χ0v) is 16.8. The van der Waals surface area contributed by atoms with Crippen LogP contribution in [-0.4, -0.2) is 41.3 Å². The van der Waals surface area contributed by atoms with E-state index in [0.29, 0.717) is 12.7 Å². The normalized spacial score (nSPS) is 13.5. The van der Waals surface area contributed by atoms with Gasteiger partial charge in [-0.2, -0.15) is 0 Å². The Bertz CT molecular complexity index is 854. The van der Waals surface area contributed by atoms with Crippen LogP contribution in [0.15, 0.2) is 60.7 Å². The maximum absolute atomic E-state index is 12.7. The van der Waals surface area contributed by atoms with Gasteiger partial charge in [-0.25, -0.2) is 0 Å². The van der Waals surface area contributed by atoms with Gasteiger partial charge >= 0.3 is 5.97 Å². The minimum absolute atomic E-state index is 0.217. The lowest BCUT2D eigenvalue weighted by molar-refractivity contribution is -0.139. The van der Waals surface area contributed by atoms with Crippen molar-refractivity contribution in [3.8, 4) is 0 Å². The monoisotopic (exact) mass is 410 g/mol. The van der Waals surface area contributed by atoms with Gasteiger partial charge < -0.3 is 20.5 Å². The number of rotatable bonds is 11. The third kappa shape index (κ3) is 7.50. The second kappa shape index (κ2) is 11.5. The van der Waals surface area contributed by atoms with Crippen molar-refractivity contribution in [2.45, 2.75) is 38.3 Å². The minimum Gasteiger partial charge on any atom is -0.481 e. The number of aliphatic carboxylic acids is 1. The van der Waals surface area contributed by atoms with Gasteiger partial charge in [0.2, 0.25) is 11.8 Å². The van der Waals surface area contributed by atoms with Crippen molar-refractivity contribution in [1.29, 1.82) is 0 Å². The molecule has 0 spiro atoms. The summed E-state index contributed by atoms with van der Waals surface area (Å²) in [4.78, 5) is 47.5.